The maximum absolute atomic E-state index is 12.5. The summed E-state index contributed by atoms with van der Waals surface area (Å²) in [4.78, 5) is 14.5. The minimum absolute atomic E-state index is 0. The Kier molecular flexibility index (Phi) is 6.30. The molecule has 2 aliphatic rings. The van der Waals surface area contributed by atoms with Crippen LogP contribution in [0.3, 0.4) is 0 Å². The second kappa shape index (κ2) is 7.80. The van der Waals surface area contributed by atoms with Gasteiger partial charge in [0.05, 0.1) is 0 Å². The van der Waals surface area contributed by atoms with Gasteiger partial charge in [0, 0.05) is 29.2 Å². The van der Waals surface area contributed by atoms with Crippen LogP contribution in [0, 0.1) is 12.8 Å². The molecule has 0 unspecified atom stereocenters. The van der Waals surface area contributed by atoms with Crippen LogP contribution in [0.5, 0.6) is 0 Å². The van der Waals surface area contributed by atoms with Crippen LogP contribution in [0.15, 0.2) is 22.7 Å². The fourth-order valence-corrected chi connectivity index (χ4v) is 3.23. The van der Waals surface area contributed by atoms with Gasteiger partial charge in [-0.05, 0) is 62.8 Å². The molecule has 1 aromatic carbocycles. The number of nitrogens with one attached hydrogen (secondary N) is 1. The number of halogens is 2. The molecule has 1 N–H and O–H groups in total. The largest absolute Gasteiger partial charge is 0.339 e. The maximum atomic E-state index is 12.5. The van der Waals surface area contributed by atoms with Gasteiger partial charge in [0.1, 0.15) is 0 Å². The van der Waals surface area contributed by atoms with E-state index < -0.39 is 0 Å². The first-order chi connectivity index (χ1) is 10.1. The summed E-state index contributed by atoms with van der Waals surface area (Å²) in [7, 11) is 0. The molecule has 2 fully saturated rings. The van der Waals surface area contributed by atoms with Crippen molar-refractivity contribution >= 4 is 34.2 Å². The third-order valence-corrected chi connectivity index (χ3v) is 5.45. The van der Waals surface area contributed by atoms with E-state index in [1.54, 1.807) is 0 Å². The molecule has 1 amide bonds. The predicted molar refractivity (Wildman–Crippen MR) is 95.8 cm³/mol. The van der Waals surface area contributed by atoms with Crippen molar-refractivity contribution in [2.24, 2.45) is 5.92 Å². The van der Waals surface area contributed by atoms with E-state index >= 15 is 0 Å². The Morgan fingerprint density at radius 2 is 1.95 bits per heavy atom. The zero-order chi connectivity index (χ0) is 14.8. The van der Waals surface area contributed by atoms with Crippen LogP contribution >= 0.6 is 28.3 Å². The van der Waals surface area contributed by atoms with Crippen molar-refractivity contribution in [1.82, 2.24) is 10.2 Å². The highest BCUT2D eigenvalue weighted by atomic mass is 79.9. The van der Waals surface area contributed by atoms with Crippen LogP contribution < -0.4 is 5.32 Å². The Labute approximate surface area is 147 Å². The van der Waals surface area contributed by atoms with Crippen molar-refractivity contribution < 1.29 is 4.79 Å². The number of likely N-dealkylation sites (tertiary alicyclic amines) is 1. The molecule has 1 saturated carbocycles. The van der Waals surface area contributed by atoms with Crippen molar-refractivity contribution in [2.75, 3.05) is 19.6 Å². The van der Waals surface area contributed by atoms with E-state index in [0.29, 0.717) is 6.04 Å². The van der Waals surface area contributed by atoms with E-state index in [4.69, 9.17) is 0 Å². The number of aryl methyl sites for hydroxylation is 1. The molecule has 0 atom stereocenters. The number of carbonyl (C=O) groups excluding carboxylic acids is 1. The molecule has 0 spiro atoms. The summed E-state index contributed by atoms with van der Waals surface area (Å²) in [6.45, 7) is 4.94. The topological polar surface area (TPSA) is 32.3 Å². The zero-order valence-electron chi connectivity index (χ0n) is 13.0. The van der Waals surface area contributed by atoms with Crippen molar-refractivity contribution in [3.05, 3.63) is 33.8 Å². The highest BCUT2D eigenvalue weighted by molar-refractivity contribution is 9.10. The molecule has 0 radical (unpaired) electrons. The van der Waals surface area contributed by atoms with Gasteiger partial charge >= 0.3 is 0 Å². The van der Waals surface area contributed by atoms with Gasteiger partial charge in [0.2, 0.25) is 0 Å². The summed E-state index contributed by atoms with van der Waals surface area (Å²) < 4.78 is 1.01. The number of hydrogen-bond acceptors (Lipinski definition) is 2. The van der Waals surface area contributed by atoms with Crippen LogP contribution in [0.4, 0.5) is 0 Å². The van der Waals surface area contributed by atoms with E-state index in [2.05, 4.69) is 21.2 Å². The van der Waals surface area contributed by atoms with Gasteiger partial charge in [-0.1, -0.05) is 22.0 Å². The molecule has 1 aliphatic heterocycles. The second-order valence-corrected chi connectivity index (χ2v) is 7.24. The molecule has 0 bridgehead atoms. The SMILES string of the molecule is Cc1ccc(C(=O)N2CCC(NCC3CC3)CC2)cc1Br.Cl. The van der Waals surface area contributed by atoms with E-state index in [9.17, 15) is 4.79 Å². The summed E-state index contributed by atoms with van der Waals surface area (Å²) >= 11 is 3.51. The number of rotatable bonds is 4. The minimum atomic E-state index is 0. The molecule has 1 heterocycles. The third-order valence-electron chi connectivity index (χ3n) is 4.59. The lowest BCUT2D eigenvalue weighted by Gasteiger charge is -2.32. The summed E-state index contributed by atoms with van der Waals surface area (Å²) in [5.41, 5.74) is 1.95. The third kappa shape index (κ3) is 4.46. The average Bonchev–Trinajstić information content (AvgIpc) is 3.32. The minimum Gasteiger partial charge on any atom is -0.339 e. The first-order valence-corrected chi connectivity index (χ1v) is 8.71. The number of hydrogen-bond donors (Lipinski definition) is 1. The first kappa shape index (κ1) is 17.8. The van der Waals surface area contributed by atoms with E-state index in [1.165, 1.54) is 19.4 Å². The van der Waals surface area contributed by atoms with Crippen LogP contribution in [0.2, 0.25) is 0 Å². The van der Waals surface area contributed by atoms with E-state index in [-0.39, 0.29) is 18.3 Å². The van der Waals surface area contributed by atoms with Gasteiger partial charge in [0.25, 0.3) is 5.91 Å². The molecule has 122 valence electrons. The lowest BCUT2D eigenvalue weighted by molar-refractivity contribution is 0.0705. The Morgan fingerprint density at radius 1 is 1.27 bits per heavy atom. The standard InChI is InChI=1S/C17H23BrN2O.ClH/c1-12-2-5-14(10-16(12)18)17(21)20-8-6-15(7-9-20)19-11-13-3-4-13;/h2,5,10,13,15,19H,3-4,6-9,11H2,1H3;1H. The summed E-state index contributed by atoms with van der Waals surface area (Å²) in [5.74, 6) is 1.09. The molecule has 0 aromatic heterocycles. The lowest BCUT2D eigenvalue weighted by Crippen LogP contribution is -2.45. The number of carbonyl (C=O) groups is 1. The van der Waals surface area contributed by atoms with E-state index in [0.717, 1.165) is 47.4 Å². The smallest absolute Gasteiger partial charge is 0.253 e. The Morgan fingerprint density at radius 3 is 2.55 bits per heavy atom. The van der Waals surface area contributed by atoms with Gasteiger partial charge in [-0.3, -0.25) is 4.79 Å². The summed E-state index contributed by atoms with van der Waals surface area (Å²) in [6.07, 6.45) is 4.94. The van der Waals surface area contributed by atoms with Crippen LogP contribution in [0.25, 0.3) is 0 Å². The van der Waals surface area contributed by atoms with Crippen molar-refractivity contribution in [1.29, 1.82) is 0 Å². The molecule has 1 saturated heterocycles. The second-order valence-electron chi connectivity index (χ2n) is 6.38. The Bertz CT molecular complexity index is 525. The molecular formula is C17H24BrClN2O. The van der Waals surface area contributed by atoms with Crippen molar-refractivity contribution in [3.8, 4) is 0 Å². The average molecular weight is 388 g/mol. The monoisotopic (exact) mass is 386 g/mol. The van der Waals surface area contributed by atoms with Crippen LogP contribution in [-0.4, -0.2) is 36.5 Å². The highest BCUT2D eigenvalue weighted by Gasteiger charge is 2.26. The molecule has 1 aliphatic carbocycles. The zero-order valence-corrected chi connectivity index (χ0v) is 15.4. The molecule has 5 heteroatoms. The summed E-state index contributed by atoms with van der Waals surface area (Å²) in [5, 5.41) is 3.65. The number of benzene rings is 1. The highest BCUT2D eigenvalue weighted by Crippen LogP contribution is 2.28. The predicted octanol–water partition coefficient (Wildman–Crippen LogP) is 3.78. The van der Waals surface area contributed by atoms with Crippen molar-refractivity contribution in [3.63, 3.8) is 0 Å². The Hall–Kier alpha value is -0.580. The molecule has 1 aromatic rings. The lowest BCUT2D eigenvalue weighted by atomic mass is 10.0. The van der Waals surface area contributed by atoms with Crippen LogP contribution in [-0.2, 0) is 0 Å². The van der Waals surface area contributed by atoms with Gasteiger partial charge in [-0.25, -0.2) is 0 Å². The van der Waals surface area contributed by atoms with Crippen molar-refractivity contribution in [2.45, 2.75) is 38.6 Å². The molecule has 3 rings (SSSR count). The van der Waals surface area contributed by atoms with Gasteiger partial charge in [-0.2, -0.15) is 0 Å². The van der Waals surface area contributed by atoms with Gasteiger partial charge in [-0.15, -0.1) is 12.4 Å². The molecular weight excluding hydrogens is 364 g/mol. The fraction of sp³-hybridized carbons (Fsp3) is 0.588. The molecule has 22 heavy (non-hydrogen) atoms. The normalized spacial score (nSPS) is 18.9. The maximum Gasteiger partial charge on any atom is 0.253 e. The molecule has 3 nitrogen and oxygen atoms in total. The first-order valence-electron chi connectivity index (χ1n) is 7.92. The quantitative estimate of drug-likeness (QED) is 0.852. The fourth-order valence-electron chi connectivity index (χ4n) is 2.85. The number of nitrogens with zero attached hydrogens (tertiary/aromatic N) is 1. The number of amides is 1. The Balaban J connectivity index is 0.00000176. The number of piperidine rings is 1. The van der Waals surface area contributed by atoms with Gasteiger partial charge < -0.3 is 10.2 Å². The van der Waals surface area contributed by atoms with Gasteiger partial charge in [0.15, 0.2) is 0 Å². The summed E-state index contributed by atoms with van der Waals surface area (Å²) in [6, 6.07) is 6.47. The van der Waals surface area contributed by atoms with Crippen LogP contribution in [0.1, 0.15) is 41.6 Å². The van der Waals surface area contributed by atoms with E-state index in [1.807, 2.05) is 30.0 Å².